The molecule has 2 amide bonds. The molecule has 0 unspecified atom stereocenters. The van der Waals surface area contributed by atoms with Crippen molar-refractivity contribution in [2.45, 2.75) is 26.3 Å². The van der Waals surface area contributed by atoms with Gasteiger partial charge in [-0.25, -0.2) is 5.01 Å². The van der Waals surface area contributed by atoms with E-state index in [0.717, 1.165) is 4.47 Å². The van der Waals surface area contributed by atoms with Gasteiger partial charge in [0, 0.05) is 10.0 Å². The topological polar surface area (TPSA) is 49.4 Å². The van der Waals surface area contributed by atoms with Gasteiger partial charge in [-0.15, -0.1) is 0 Å². The third-order valence-corrected chi connectivity index (χ3v) is 4.09. The van der Waals surface area contributed by atoms with Crippen molar-refractivity contribution in [3.63, 3.8) is 0 Å². The van der Waals surface area contributed by atoms with Crippen molar-refractivity contribution in [3.05, 3.63) is 69.2 Å². The fourth-order valence-electron chi connectivity index (χ4n) is 2.07. The summed E-state index contributed by atoms with van der Waals surface area (Å²) in [4.78, 5) is 25.3. The molecule has 0 aliphatic heterocycles. The summed E-state index contributed by atoms with van der Waals surface area (Å²) in [7, 11) is 0. The van der Waals surface area contributed by atoms with Crippen LogP contribution in [-0.2, 0) is 0 Å². The molecule has 4 nitrogen and oxygen atoms in total. The van der Waals surface area contributed by atoms with Crippen molar-refractivity contribution in [2.24, 2.45) is 0 Å². The van der Waals surface area contributed by atoms with Crippen LogP contribution in [0.15, 0.2) is 53.0 Å². The van der Waals surface area contributed by atoms with Crippen LogP contribution in [0.1, 0.15) is 41.5 Å². The van der Waals surface area contributed by atoms with Crippen molar-refractivity contribution < 1.29 is 9.59 Å². The van der Waals surface area contributed by atoms with Crippen LogP contribution in [0, 0.1) is 0 Å². The molecule has 0 fully saturated rings. The molecular weight excluding hydrogens is 392 g/mol. The number of nitrogens with one attached hydrogen (secondary N) is 1. The van der Waals surface area contributed by atoms with Crippen LogP contribution in [-0.4, -0.2) is 22.4 Å². The predicted molar refractivity (Wildman–Crippen MR) is 99.0 cm³/mol. The Morgan fingerprint density at radius 2 is 1.71 bits per heavy atom. The zero-order valence-corrected chi connectivity index (χ0v) is 16.0. The quantitative estimate of drug-likeness (QED) is 0.732. The molecule has 2 aromatic carbocycles. The lowest BCUT2D eigenvalue weighted by Crippen LogP contribution is -2.55. The fourth-order valence-corrected chi connectivity index (χ4v) is 2.83. The molecule has 2 aromatic rings. The highest BCUT2D eigenvalue weighted by Gasteiger charge is 2.30. The molecule has 0 atom stereocenters. The predicted octanol–water partition coefficient (Wildman–Crippen LogP) is 4.69. The van der Waals surface area contributed by atoms with Gasteiger partial charge in [-0.1, -0.05) is 45.7 Å². The van der Waals surface area contributed by atoms with Crippen molar-refractivity contribution in [3.8, 4) is 0 Å². The van der Waals surface area contributed by atoms with Crippen molar-refractivity contribution in [1.82, 2.24) is 10.4 Å². The first-order valence-electron chi connectivity index (χ1n) is 7.36. The Kier molecular flexibility index (Phi) is 5.67. The number of halogens is 2. The van der Waals surface area contributed by atoms with E-state index in [1.807, 2.05) is 26.8 Å². The Labute approximate surface area is 154 Å². The van der Waals surface area contributed by atoms with Crippen molar-refractivity contribution in [2.75, 3.05) is 0 Å². The second kappa shape index (κ2) is 7.36. The molecule has 0 bridgehead atoms. The Balaban J connectivity index is 2.30. The van der Waals surface area contributed by atoms with Gasteiger partial charge in [-0.3, -0.25) is 15.0 Å². The molecule has 2 rings (SSSR count). The highest BCUT2D eigenvalue weighted by Crippen LogP contribution is 2.22. The zero-order valence-electron chi connectivity index (χ0n) is 13.6. The number of hydrogen-bond acceptors (Lipinski definition) is 2. The van der Waals surface area contributed by atoms with Gasteiger partial charge < -0.3 is 0 Å². The van der Waals surface area contributed by atoms with Crippen LogP contribution in [0.5, 0.6) is 0 Å². The lowest BCUT2D eigenvalue weighted by atomic mass is 10.1. The number of hydrazine groups is 1. The molecular formula is C18H18BrClN2O2. The van der Waals surface area contributed by atoms with Crippen LogP contribution in [0.25, 0.3) is 0 Å². The maximum atomic E-state index is 12.8. The van der Waals surface area contributed by atoms with E-state index < -0.39 is 11.4 Å². The number of carbonyl (C=O) groups excluding carboxylic acids is 2. The van der Waals surface area contributed by atoms with Gasteiger partial charge in [0.2, 0.25) is 0 Å². The molecule has 0 aliphatic carbocycles. The maximum Gasteiger partial charge on any atom is 0.272 e. The van der Waals surface area contributed by atoms with Gasteiger partial charge in [-0.05, 0) is 51.1 Å². The van der Waals surface area contributed by atoms with Crippen LogP contribution in [0.2, 0.25) is 5.02 Å². The minimum absolute atomic E-state index is 0.287. The third kappa shape index (κ3) is 4.36. The van der Waals surface area contributed by atoms with Crippen LogP contribution >= 0.6 is 27.5 Å². The van der Waals surface area contributed by atoms with Gasteiger partial charge in [0.25, 0.3) is 11.8 Å². The highest BCUT2D eigenvalue weighted by atomic mass is 79.9. The number of benzene rings is 2. The largest absolute Gasteiger partial charge is 0.272 e. The summed E-state index contributed by atoms with van der Waals surface area (Å²) in [6, 6.07) is 13.8. The normalized spacial score (nSPS) is 11.0. The lowest BCUT2D eigenvalue weighted by Gasteiger charge is -2.35. The van der Waals surface area contributed by atoms with E-state index in [2.05, 4.69) is 21.4 Å². The molecule has 0 aromatic heterocycles. The molecule has 0 spiro atoms. The van der Waals surface area contributed by atoms with Gasteiger partial charge >= 0.3 is 0 Å². The number of nitrogens with zero attached hydrogens (tertiary/aromatic N) is 1. The third-order valence-electron chi connectivity index (χ3n) is 3.28. The molecule has 0 radical (unpaired) electrons. The molecule has 1 N–H and O–H groups in total. The summed E-state index contributed by atoms with van der Waals surface area (Å²) in [6.45, 7) is 5.53. The van der Waals surface area contributed by atoms with E-state index in [0.29, 0.717) is 16.1 Å². The molecule has 0 saturated heterocycles. The average Bonchev–Trinajstić information content (AvgIpc) is 2.51. The van der Waals surface area contributed by atoms with Crippen LogP contribution < -0.4 is 5.43 Å². The number of hydrogen-bond donors (Lipinski definition) is 1. The SMILES string of the molecule is CC(C)(C)N(NC(=O)c1ccc(Br)cc1Cl)C(=O)c1ccccc1. The summed E-state index contributed by atoms with van der Waals surface area (Å²) >= 11 is 9.43. The minimum atomic E-state index is -0.607. The Bertz CT molecular complexity index is 757. The van der Waals surface area contributed by atoms with E-state index in [4.69, 9.17) is 11.6 Å². The molecule has 0 heterocycles. The summed E-state index contributed by atoms with van der Waals surface area (Å²) < 4.78 is 0.775. The average molecular weight is 410 g/mol. The van der Waals surface area contributed by atoms with E-state index in [1.54, 1.807) is 42.5 Å². The van der Waals surface area contributed by atoms with Gasteiger partial charge in [0.15, 0.2) is 0 Å². The first kappa shape index (κ1) is 18.5. The summed E-state index contributed by atoms with van der Waals surface area (Å²) in [6.07, 6.45) is 0. The maximum absolute atomic E-state index is 12.8. The number of rotatable bonds is 2. The first-order valence-corrected chi connectivity index (χ1v) is 8.53. The second-order valence-corrected chi connectivity index (χ2v) is 7.57. The van der Waals surface area contributed by atoms with Gasteiger partial charge in [0.05, 0.1) is 16.1 Å². The second-order valence-electron chi connectivity index (χ2n) is 6.24. The lowest BCUT2D eigenvalue weighted by molar-refractivity contribution is 0.0358. The highest BCUT2D eigenvalue weighted by molar-refractivity contribution is 9.10. The smallest absolute Gasteiger partial charge is 0.267 e. The van der Waals surface area contributed by atoms with E-state index in [1.165, 1.54) is 5.01 Å². The van der Waals surface area contributed by atoms with E-state index in [-0.39, 0.29) is 5.91 Å². The fraction of sp³-hybridized carbons (Fsp3) is 0.222. The summed E-state index contributed by atoms with van der Waals surface area (Å²) in [5, 5.41) is 1.63. The van der Waals surface area contributed by atoms with E-state index >= 15 is 0 Å². The van der Waals surface area contributed by atoms with E-state index in [9.17, 15) is 9.59 Å². The number of amides is 2. The van der Waals surface area contributed by atoms with Crippen LogP contribution in [0.3, 0.4) is 0 Å². The standard InChI is InChI=1S/C18H18BrClN2O2/c1-18(2,3)22(17(24)12-7-5-4-6-8-12)21-16(23)14-10-9-13(19)11-15(14)20/h4-11H,1-3H3,(H,21,23). The first-order chi connectivity index (χ1) is 11.2. The molecule has 126 valence electrons. The Hall–Kier alpha value is -1.85. The number of carbonyl (C=O) groups is 2. The Morgan fingerprint density at radius 3 is 2.25 bits per heavy atom. The Morgan fingerprint density at radius 1 is 1.08 bits per heavy atom. The van der Waals surface area contributed by atoms with Crippen molar-refractivity contribution in [1.29, 1.82) is 0 Å². The monoisotopic (exact) mass is 408 g/mol. The van der Waals surface area contributed by atoms with Gasteiger partial charge in [0.1, 0.15) is 0 Å². The summed E-state index contributed by atoms with van der Waals surface area (Å²) in [5.41, 5.74) is 2.87. The summed E-state index contributed by atoms with van der Waals surface area (Å²) in [5.74, 6) is -0.726. The molecule has 6 heteroatoms. The molecule has 24 heavy (non-hydrogen) atoms. The molecule has 0 saturated carbocycles. The minimum Gasteiger partial charge on any atom is -0.267 e. The molecule has 0 aliphatic rings. The van der Waals surface area contributed by atoms with Gasteiger partial charge in [-0.2, -0.15) is 0 Å². The van der Waals surface area contributed by atoms with Crippen molar-refractivity contribution >= 4 is 39.3 Å². The zero-order chi connectivity index (χ0) is 17.9. The van der Waals surface area contributed by atoms with Crippen LogP contribution in [0.4, 0.5) is 0 Å².